The maximum absolute atomic E-state index is 9.33. The molecule has 0 radical (unpaired) electrons. The maximum atomic E-state index is 9.33. The molecule has 0 fully saturated rings. The number of rotatable bonds is 1. The molecule has 0 heterocycles. The van der Waals surface area contributed by atoms with Crippen molar-refractivity contribution in [1.82, 2.24) is 0 Å². The summed E-state index contributed by atoms with van der Waals surface area (Å²) in [5.74, 6) is 0.339. The Hall–Kier alpha value is -0.760. The highest BCUT2D eigenvalue weighted by Gasteiger charge is 2.13. The Balaban J connectivity index is 2.89. The molecule has 0 saturated heterocycles. The molecule has 1 unspecified atom stereocenters. The summed E-state index contributed by atoms with van der Waals surface area (Å²) >= 11 is 0. The van der Waals surface area contributed by atoms with Gasteiger partial charge in [-0.2, -0.15) is 0 Å². The van der Waals surface area contributed by atoms with Crippen molar-refractivity contribution in [2.75, 3.05) is 0 Å². The first-order valence-corrected chi connectivity index (χ1v) is 3.88. The molecule has 11 heavy (non-hydrogen) atoms. The zero-order chi connectivity index (χ0) is 8.43. The third-order valence-corrected chi connectivity index (χ3v) is 1.94. The van der Waals surface area contributed by atoms with E-state index in [-0.39, 0.29) is 0 Å². The van der Waals surface area contributed by atoms with Crippen LogP contribution in [-0.4, -0.2) is 16.3 Å². The first-order valence-electron chi connectivity index (χ1n) is 3.88. The van der Waals surface area contributed by atoms with E-state index in [2.05, 4.69) is 0 Å². The highest BCUT2D eigenvalue weighted by Crippen LogP contribution is 2.23. The highest BCUT2D eigenvalue weighted by atomic mass is 16.3. The molecule has 1 atom stereocenters. The summed E-state index contributed by atoms with van der Waals surface area (Å²) in [5.41, 5.74) is 1.90. The van der Waals surface area contributed by atoms with Crippen molar-refractivity contribution >= 4 is 0 Å². The first kappa shape index (κ1) is 8.34. The molecule has 0 aliphatic heterocycles. The summed E-state index contributed by atoms with van der Waals surface area (Å²) in [6, 6.07) is 0. The Morgan fingerprint density at radius 3 is 2.55 bits per heavy atom. The van der Waals surface area contributed by atoms with Crippen LogP contribution in [-0.2, 0) is 0 Å². The van der Waals surface area contributed by atoms with Crippen LogP contribution in [0.15, 0.2) is 23.0 Å². The fourth-order valence-electron chi connectivity index (χ4n) is 1.24. The monoisotopic (exact) mass is 154 g/mol. The summed E-state index contributed by atoms with van der Waals surface area (Å²) in [7, 11) is 0. The maximum Gasteiger partial charge on any atom is 0.0983 e. The highest BCUT2D eigenvalue weighted by molar-refractivity contribution is 5.32. The van der Waals surface area contributed by atoms with Crippen LogP contribution in [0.5, 0.6) is 0 Å². The molecule has 1 aliphatic carbocycles. The number of allylic oxidation sites excluding steroid dienone is 2. The van der Waals surface area contributed by atoms with Crippen LogP contribution in [0, 0.1) is 0 Å². The predicted molar refractivity (Wildman–Crippen MR) is 44.3 cm³/mol. The standard InChI is InChI=1S/C9H14O2/c1-6-3-4-9(11)8(5-6)7(2)10/h5,7,10-11H,3-4H2,1-2H3. The second-order valence-electron chi connectivity index (χ2n) is 3.07. The Bertz CT molecular complexity index is 212. The average Bonchev–Trinajstić information content (AvgIpc) is 1.94. The van der Waals surface area contributed by atoms with E-state index in [1.807, 2.05) is 13.0 Å². The van der Waals surface area contributed by atoms with Gasteiger partial charge in [0, 0.05) is 12.0 Å². The normalized spacial score (nSPS) is 21.5. The fraction of sp³-hybridized carbons (Fsp3) is 0.556. The minimum atomic E-state index is -0.551. The van der Waals surface area contributed by atoms with Gasteiger partial charge in [0.25, 0.3) is 0 Å². The van der Waals surface area contributed by atoms with Gasteiger partial charge in [0.15, 0.2) is 0 Å². The number of hydrogen-bond acceptors (Lipinski definition) is 2. The lowest BCUT2D eigenvalue weighted by atomic mass is 9.96. The van der Waals surface area contributed by atoms with E-state index in [0.29, 0.717) is 17.8 Å². The van der Waals surface area contributed by atoms with Gasteiger partial charge in [-0.15, -0.1) is 0 Å². The Morgan fingerprint density at radius 2 is 2.09 bits per heavy atom. The number of hydrogen-bond donors (Lipinski definition) is 2. The molecule has 0 saturated carbocycles. The lowest BCUT2D eigenvalue weighted by Crippen LogP contribution is -2.09. The molecule has 2 heteroatoms. The van der Waals surface area contributed by atoms with E-state index in [0.717, 1.165) is 6.42 Å². The zero-order valence-corrected chi connectivity index (χ0v) is 6.96. The largest absolute Gasteiger partial charge is 0.512 e. The second kappa shape index (κ2) is 3.09. The van der Waals surface area contributed by atoms with Crippen molar-refractivity contribution in [3.8, 4) is 0 Å². The van der Waals surface area contributed by atoms with E-state index in [1.54, 1.807) is 6.92 Å². The van der Waals surface area contributed by atoms with Crippen molar-refractivity contribution in [3.05, 3.63) is 23.0 Å². The molecule has 0 aromatic carbocycles. The zero-order valence-electron chi connectivity index (χ0n) is 6.96. The van der Waals surface area contributed by atoms with Gasteiger partial charge in [0.05, 0.1) is 11.9 Å². The molecular weight excluding hydrogens is 140 g/mol. The van der Waals surface area contributed by atoms with Gasteiger partial charge in [-0.25, -0.2) is 0 Å². The number of aliphatic hydroxyl groups is 2. The molecule has 0 aromatic heterocycles. The summed E-state index contributed by atoms with van der Waals surface area (Å²) < 4.78 is 0. The van der Waals surface area contributed by atoms with Gasteiger partial charge in [0.1, 0.15) is 0 Å². The molecular formula is C9H14O2. The molecule has 0 aromatic rings. The average molecular weight is 154 g/mol. The van der Waals surface area contributed by atoms with Crippen LogP contribution >= 0.6 is 0 Å². The summed E-state index contributed by atoms with van der Waals surface area (Å²) in [5, 5.41) is 18.5. The Kier molecular flexibility index (Phi) is 2.35. The van der Waals surface area contributed by atoms with Gasteiger partial charge < -0.3 is 10.2 Å². The van der Waals surface area contributed by atoms with E-state index in [4.69, 9.17) is 0 Å². The van der Waals surface area contributed by atoms with Gasteiger partial charge in [-0.05, 0) is 20.3 Å². The SMILES string of the molecule is CC1=CC(C(C)O)=C(O)CC1. The molecule has 0 amide bonds. The summed E-state index contributed by atoms with van der Waals surface area (Å²) in [6.45, 7) is 3.68. The van der Waals surface area contributed by atoms with E-state index in [1.165, 1.54) is 5.57 Å². The molecule has 2 N–H and O–H groups in total. The minimum absolute atomic E-state index is 0.339. The molecule has 1 aliphatic rings. The van der Waals surface area contributed by atoms with Gasteiger partial charge in [0.2, 0.25) is 0 Å². The van der Waals surface area contributed by atoms with Crippen molar-refractivity contribution in [3.63, 3.8) is 0 Å². The van der Waals surface area contributed by atoms with Crippen LogP contribution in [0.1, 0.15) is 26.7 Å². The van der Waals surface area contributed by atoms with Crippen LogP contribution < -0.4 is 0 Å². The Labute approximate surface area is 66.9 Å². The van der Waals surface area contributed by atoms with E-state index < -0.39 is 6.10 Å². The number of aliphatic hydroxyl groups excluding tert-OH is 2. The topological polar surface area (TPSA) is 40.5 Å². The second-order valence-corrected chi connectivity index (χ2v) is 3.07. The van der Waals surface area contributed by atoms with Crippen LogP contribution in [0.4, 0.5) is 0 Å². The molecule has 0 bridgehead atoms. The van der Waals surface area contributed by atoms with Crippen LogP contribution in [0.2, 0.25) is 0 Å². The van der Waals surface area contributed by atoms with Crippen molar-refractivity contribution in [2.24, 2.45) is 0 Å². The van der Waals surface area contributed by atoms with Crippen molar-refractivity contribution in [1.29, 1.82) is 0 Å². The molecule has 1 rings (SSSR count). The van der Waals surface area contributed by atoms with Crippen molar-refractivity contribution in [2.45, 2.75) is 32.8 Å². The smallest absolute Gasteiger partial charge is 0.0983 e. The van der Waals surface area contributed by atoms with E-state index in [9.17, 15) is 10.2 Å². The molecule has 62 valence electrons. The Morgan fingerprint density at radius 1 is 1.45 bits per heavy atom. The van der Waals surface area contributed by atoms with Crippen molar-refractivity contribution < 1.29 is 10.2 Å². The van der Waals surface area contributed by atoms with Crippen LogP contribution in [0.25, 0.3) is 0 Å². The third kappa shape index (κ3) is 1.84. The minimum Gasteiger partial charge on any atom is -0.512 e. The van der Waals surface area contributed by atoms with Gasteiger partial charge in [-0.3, -0.25) is 0 Å². The summed E-state index contributed by atoms with van der Waals surface area (Å²) in [6.07, 6.45) is 2.89. The van der Waals surface area contributed by atoms with Gasteiger partial charge >= 0.3 is 0 Å². The summed E-state index contributed by atoms with van der Waals surface area (Å²) in [4.78, 5) is 0. The predicted octanol–water partition coefficient (Wildman–Crippen LogP) is 1.92. The lowest BCUT2D eigenvalue weighted by Gasteiger charge is -2.15. The third-order valence-electron chi connectivity index (χ3n) is 1.94. The van der Waals surface area contributed by atoms with E-state index >= 15 is 0 Å². The quantitative estimate of drug-likeness (QED) is 0.605. The fourth-order valence-corrected chi connectivity index (χ4v) is 1.24. The molecule has 2 nitrogen and oxygen atoms in total. The lowest BCUT2D eigenvalue weighted by molar-refractivity contribution is 0.224. The van der Waals surface area contributed by atoms with Crippen LogP contribution in [0.3, 0.4) is 0 Å². The molecule has 0 spiro atoms. The van der Waals surface area contributed by atoms with Gasteiger partial charge in [-0.1, -0.05) is 11.6 Å². The first-order chi connectivity index (χ1) is 5.11.